The first-order valence-corrected chi connectivity index (χ1v) is 8.83. The van der Waals surface area contributed by atoms with E-state index in [4.69, 9.17) is 0 Å². The molecule has 0 aliphatic rings. The average Bonchev–Trinajstić information content (AvgIpc) is 3.04. The van der Waals surface area contributed by atoms with Crippen molar-refractivity contribution < 1.29 is 0 Å². The molecule has 126 valence electrons. The first-order chi connectivity index (χ1) is 12.2. The highest BCUT2D eigenvalue weighted by Crippen LogP contribution is 2.18. The monoisotopic (exact) mass is 397 g/mol. The number of rotatable bonds is 4. The second-order valence-electron chi connectivity index (χ2n) is 5.68. The van der Waals surface area contributed by atoms with Gasteiger partial charge >= 0.3 is 0 Å². The smallest absolute Gasteiger partial charge is 0.262 e. The predicted octanol–water partition coefficient (Wildman–Crippen LogP) is 3.44. The van der Waals surface area contributed by atoms with Gasteiger partial charge in [-0.3, -0.25) is 13.8 Å². The Morgan fingerprint density at radius 3 is 2.76 bits per heavy atom. The number of halogens is 1. The molecule has 0 amide bonds. The van der Waals surface area contributed by atoms with Crippen LogP contribution in [0.5, 0.6) is 0 Å². The molecule has 4 rings (SSSR count). The standard InChI is InChI=1S/C18H16BrN5O/c1-2-23-17(25)14-8-3-4-9-15(14)24-16(21-22-18(23)24)11-20-13-7-5-6-12(19)10-13/h3-10,20H,2,11H2,1H3. The topological polar surface area (TPSA) is 64.2 Å². The minimum absolute atomic E-state index is 0.0375. The molecule has 0 unspecified atom stereocenters. The Morgan fingerprint density at radius 2 is 1.96 bits per heavy atom. The number of hydrogen-bond acceptors (Lipinski definition) is 4. The van der Waals surface area contributed by atoms with E-state index in [9.17, 15) is 4.79 Å². The zero-order chi connectivity index (χ0) is 17.4. The SMILES string of the molecule is CCn1c(=O)c2ccccc2n2c(CNc3cccc(Br)c3)nnc12. The number of nitrogens with one attached hydrogen (secondary N) is 1. The maximum absolute atomic E-state index is 12.7. The number of hydrogen-bond donors (Lipinski definition) is 1. The van der Waals surface area contributed by atoms with E-state index in [2.05, 4.69) is 31.4 Å². The lowest BCUT2D eigenvalue weighted by Crippen LogP contribution is -2.22. The molecule has 7 heteroatoms. The molecule has 25 heavy (non-hydrogen) atoms. The lowest BCUT2D eigenvalue weighted by Gasteiger charge is -2.10. The Labute approximate surface area is 152 Å². The molecule has 0 radical (unpaired) electrons. The van der Waals surface area contributed by atoms with Gasteiger partial charge in [-0.1, -0.05) is 34.1 Å². The number of nitrogens with zero attached hydrogens (tertiary/aromatic N) is 4. The van der Waals surface area contributed by atoms with Crippen LogP contribution in [0.2, 0.25) is 0 Å². The van der Waals surface area contributed by atoms with E-state index in [0.717, 1.165) is 21.5 Å². The summed E-state index contributed by atoms with van der Waals surface area (Å²) in [5, 5.41) is 12.6. The van der Waals surface area contributed by atoms with E-state index in [1.165, 1.54) is 0 Å². The summed E-state index contributed by atoms with van der Waals surface area (Å²) in [5.74, 6) is 1.32. The van der Waals surface area contributed by atoms with E-state index in [1.807, 2.05) is 59.9 Å². The van der Waals surface area contributed by atoms with Crippen LogP contribution in [0.4, 0.5) is 5.69 Å². The maximum atomic E-state index is 12.7. The third kappa shape index (κ3) is 2.70. The van der Waals surface area contributed by atoms with Crippen molar-refractivity contribution in [2.75, 3.05) is 5.32 Å². The molecule has 0 saturated heterocycles. The molecule has 0 aliphatic carbocycles. The molecule has 0 fully saturated rings. The number of fused-ring (bicyclic) bond motifs is 3. The fourth-order valence-electron chi connectivity index (χ4n) is 2.99. The largest absolute Gasteiger partial charge is 0.378 e. The van der Waals surface area contributed by atoms with Crippen LogP contribution < -0.4 is 10.9 Å². The fraction of sp³-hybridized carbons (Fsp3) is 0.167. The van der Waals surface area contributed by atoms with Crippen molar-refractivity contribution in [1.29, 1.82) is 0 Å². The van der Waals surface area contributed by atoms with E-state index in [1.54, 1.807) is 4.57 Å². The van der Waals surface area contributed by atoms with Crippen molar-refractivity contribution in [1.82, 2.24) is 19.2 Å². The van der Waals surface area contributed by atoms with Gasteiger partial charge in [-0.25, -0.2) is 0 Å². The van der Waals surface area contributed by atoms with Gasteiger partial charge in [-0.2, -0.15) is 0 Å². The summed E-state index contributed by atoms with van der Waals surface area (Å²) in [6.45, 7) is 2.98. The van der Waals surface area contributed by atoms with Gasteiger partial charge in [0.2, 0.25) is 5.78 Å². The third-order valence-corrected chi connectivity index (χ3v) is 4.66. The molecule has 0 atom stereocenters. The summed E-state index contributed by atoms with van der Waals surface area (Å²) in [6.07, 6.45) is 0. The lowest BCUT2D eigenvalue weighted by atomic mass is 10.2. The third-order valence-electron chi connectivity index (χ3n) is 4.17. The Balaban J connectivity index is 1.85. The molecule has 6 nitrogen and oxygen atoms in total. The number of anilines is 1. The van der Waals surface area contributed by atoms with E-state index in [-0.39, 0.29) is 5.56 Å². The first-order valence-electron chi connectivity index (χ1n) is 8.04. The number of aryl methyl sites for hydroxylation is 1. The molecular formula is C18H16BrN5O. The maximum Gasteiger partial charge on any atom is 0.262 e. The van der Waals surface area contributed by atoms with Gasteiger partial charge in [0.05, 0.1) is 17.4 Å². The van der Waals surface area contributed by atoms with Gasteiger partial charge in [0.15, 0.2) is 5.82 Å². The van der Waals surface area contributed by atoms with Gasteiger partial charge in [-0.05, 0) is 37.3 Å². The lowest BCUT2D eigenvalue weighted by molar-refractivity contribution is 0.734. The van der Waals surface area contributed by atoms with Crippen LogP contribution in [0.15, 0.2) is 57.8 Å². The Bertz CT molecular complexity index is 1130. The molecule has 2 aromatic carbocycles. The Hall–Kier alpha value is -2.67. The van der Waals surface area contributed by atoms with Crippen molar-refractivity contribution >= 4 is 38.3 Å². The summed E-state index contributed by atoms with van der Waals surface area (Å²) >= 11 is 3.47. The second kappa shape index (κ2) is 6.33. The molecule has 2 heterocycles. The molecule has 0 saturated carbocycles. The zero-order valence-corrected chi connectivity index (χ0v) is 15.2. The van der Waals surface area contributed by atoms with Crippen molar-refractivity contribution in [3.8, 4) is 0 Å². The molecule has 4 aromatic rings. The Kier molecular flexibility index (Phi) is 4.01. The number of benzene rings is 2. The van der Waals surface area contributed by atoms with Crippen LogP contribution in [0.3, 0.4) is 0 Å². The van der Waals surface area contributed by atoms with E-state index < -0.39 is 0 Å². The summed E-state index contributed by atoms with van der Waals surface area (Å²) < 4.78 is 4.61. The van der Waals surface area contributed by atoms with Crippen LogP contribution in [0.25, 0.3) is 16.7 Å². The predicted molar refractivity (Wildman–Crippen MR) is 102 cm³/mol. The molecular weight excluding hydrogens is 382 g/mol. The van der Waals surface area contributed by atoms with Crippen molar-refractivity contribution in [2.45, 2.75) is 20.0 Å². The summed E-state index contributed by atoms with van der Waals surface area (Å²) in [6, 6.07) is 15.5. The van der Waals surface area contributed by atoms with Gasteiger partial charge in [-0.15, -0.1) is 10.2 Å². The zero-order valence-electron chi connectivity index (χ0n) is 13.6. The van der Waals surface area contributed by atoms with Gasteiger partial charge in [0, 0.05) is 16.7 Å². The van der Waals surface area contributed by atoms with Crippen LogP contribution in [0.1, 0.15) is 12.7 Å². The van der Waals surface area contributed by atoms with Crippen molar-refractivity contribution in [3.05, 3.63) is 69.2 Å². The molecule has 0 aliphatic heterocycles. The molecule has 2 aromatic heterocycles. The van der Waals surface area contributed by atoms with Crippen LogP contribution in [-0.2, 0) is 13.1 Å². The summed E-state index contributed by atoms with van der Waals surface area (Å²) in [5.41, 5.74) is 1.77. The quantitative estimate of drug-likeness (QED) is 0.572. The number of aromatic nitrogens is 4. The molecule has 1 N–H and O–H groups in total. The average molecular weight is 398 g/mol. The van der Waals surface area contributed by atoms with Gasteiger partial charge in [0.1, 0.15) is 0 Å². The normalized spacial score (nSPS) is 11.3. The van der Waals surface area contributed by atoms with Crippen molar-refractivity contribution in [3.63, 3.8) is 0 Å². The highest BCUT2D eigenvalue weighted by Gasteiger charge is 2.15. The molecule has 0 spiro atoms. The summed E-state index contributed by atoms with van der Waals surface area (Å²) in [4.78, 5) is 12.7. The number of para-hydroxylation sites is 1. The van der Waals surface area contributed by atoms with E-state index in [0.29, 0.717) is 24.3 Å². The summed E-state index contributed by atoms with van der Waals surface area (Å²) in [7, 11) is 0. The van der Waals surface area contributed by atoms with Crippen LogP contribution in [0, 0.1) is 0 Å². The Morgan fingerprint density at radius 1 is 1.12 bits per heavy atom. The second-order valence-corrected chi connectivity index (χ2v) is 6.60. The van der Waals surface area contributed by atoms with Gasteiger partial charge < -0.3 is 5.32 Å². The van der Waals surface area contributed by atoms with Crippen LogP contribution >= 0.6 is 15.9 Å². The minimum atomic E-state index is -0.0375. The molecule has 0 bridgehead atoms. The minimum Gasteiger partial charge on any atom is -0.378 e. The fourth-order valence-corrected chi connectivity index (χ4v) is 3.39. The highest BCUT2D eigenvalue weighted by molar-refractivity contribution is 9.10. The van der Waals surface area contributed by atoms with E-state index >= 15 is 0 Å². The van der Waals surface area contributed by atoms with Gasteiger partial charge in [0.25, 0.3) is 5.56 Å². The first kappa shape index (κ1) is 15.8. The van der Waals surface area contributed by atoms with Crippen molar-refractivity contribution in [2.24, 2.45) is 0 Å². The highest BCUT2D eigenvalue weighted by atomic mass is 79.9. The van der Waals surface area contributed by atoms with Crippen LogP contribution in [-0.4, -0.2) is 19.2 Å².